The largest absolute Gasteiger partial charge is 0.494 e. The van der Waals surface area contributed by atoms with E-state index in [2.05, 4.69) is 9.88 Å². The molecule has 1 aliphatic heterocycles. The van der Waals surface area contributed by atoms with Crippen LogP contribution in [0.15, 0.2) is 47.3 Å². The molecule has 0 spiro atoms. The van der Waals surface area contributed by atoms with Crippen LogP contribution in [0.1, 0.15) is 31.5 Å². The lowest BCUT2D eigenvalue weighted by molar-refractivity contribution is 0.205. The molecule has 6 heteroatoms. The molecule has 0 unspecified atom stereocenters. The summed E-state index contributed by atoms with van der Waals surface area (Å²) in [6, 6.07) is 11.5. The van der Waals surface area contributed by atoms with Gasteiger partial charge >= 0.3 is 0 Å². The van der Waals surface area contributed by atoms with E-state index in [1.54, 1.807) is 11.5 Å². The van der Waals surface area contributed by atoms with E-state index in [1.165, 1.54) is 50.6 Å². The van der Waals surface area contributed by atoms with Gasteiger partial charge in [-0.15, -0.1) is 0 Å². The third-order valence-corrected chi connectivity index (χ3v) is 5.43. The highest BCUT2D eigenvalue weighted by Gasteiger charge is 2.11. The summed E-state index contributed by atoms with van der Waals surface area (Å²) in [7, 11) is 0. The summed E-state index contributed by atoms with van der Waals surface area (Å²) >= 11 is 0. The van der Waals surface area contributed by atoms with E-state index in [-0.39, 0.29) is 5.56 Å². The topological polar surface area (TPSA) is 47.4 Å². The summed E-state index contributed by atoms with van der Waals surface area (Å²) in [4.78, 5) is 19.8. The minimum atomic E-state index is -0.400. The van der Waals surface area contributed by atoms with Crippen molar-refractivity contribution in [1.29, 1.82) is 0 Å². The number of fused-ring (bicyclic) bond motifs is 1. The summed E-state index contributed by atoms with van der Waals surface area (Å²) in [5, 5.41) is 0.398. The number of halogens is 1. The molecule has 0 aliphatic carbocycles. The molecule has 152 valence electrons. The van der Waals surface area contributed by atoms with Gasteiger partial charge < -0.3 is 9.64 Å². The van der Waals surface area contributed by atoms with E-state index in [0.717, 1.165) is 18.7 Å². The maximum Gasteiger partial charge on any atom is 0.265 e. The average Bonchev–Trinajstić information content (AvgIpc) is 2.73. The molecule has 4 rings (SSSR count). The lowest BCUT2D eigenvalue weighted by Gasteiger charge is -2.26. The molecular formula is C23H26FN3O2. The molecule has 0 atom stereocenters. The van der Waals surface area contributed by atoms with Gasteiger partial charge in [-0.25, -0.2) is 9.37 Å². The van der Waals surface area contributed by atoms with Crippen LogP contribution in [-0.2, 0) is 0 Å². The Morgan fingerprint density at radius 3 is 2.59 bits per heavy atom. The second-order valence-electron chi connectivity index (χ2n) is 7.56. The number of aryl methyl sites for hydroxylation is 1. The highest BCUT2D eigenvalue weighted by Crippen LogP contribution is 2.18. The fourth-order valence-electron chi connectivity index (χ4n) is 3.93. The van der Waals surface area contributed by atoms with E-state index in [4.69, 9.17) is 4.74 Å². The second-order valence-corrected chi connectivity index (χ2v) is 7.56. The summed E-state index contributed by atoms with van der Waals surface area (Å²) in [5.74, 6) is 0.903. The molecular weight excluding hydrogens is 369 g/mol. The van der Waals surface area contributed by atoms with Crippen LogP contribution in [0.3, 0.4) is 0 Å². The van der Waals surface area contributed by atoms with Gasteiger partial charge in [-0.1, -0.05) is 6.42 Å². The average molecular weight is 395 g/mol. The van der Waals surface area contributed by atoms with Gasteiger partial charge in [0.25, 0.3) is 5.56 Å². The molecule has 2 heterocycles. The van der Waals surface area contributed by atoms with Gasteiger partial charge in [0, 0.05) is 12.6 Å². The third kappa shape index (κ3) is 4.48. The van der Waals surface area contributed by atoms with Gasteiger partial charge in [0.05, 0.1) is 23.2 Å². The van der Waals surface area contributed by atoms with E-state index in [0.29, 0.717) is 29.0 Å². The molecule has 0 saturated carbocycles. The first-order chi connectivity index (χ1) is 14.1. The van der Waals surface area contributed by atoms with Crippen molar-refractivity contribution in [3.8, 4) is 11.4 Å². The number of likely N-dealkylation sites (tertiary alicyclic amines) is 1. The normalized spacial score (nSPS) is 15.0. The number of rotatable bonds is 6. The van der Waals surface area contributed by atoms with Crippen LogP contribution in [0.5, 0.6) is 5.75 Å². The zero-order valence-corrected chi connectivity index (χ0v) is 16.7. The fraction of sp³-hybridized carbons (Fsp3) is 0.391. The lowest BCUT2D eigenvalue weighted by Crippen LogP contribution is -2.31. The summed E-state index contributed by atoms with van der Waals surface area (Å²) in [6.07, 6.45) is 4.97. The van der Waals surface area contributed by atoms with Crippen molar-refractivity contribution in [2.75, 3.05) is 26.2 Å². The van der Waals surface area contributed by atoms with Crippen molar-refractivity contribution in [3.63, 3.8) is 0 Å². The predicted octanol–water partition coefficient (Wildman–Crippen LogP) is 4.09. The van der Waals surface area contributed by atoms with Crippen molar-refractivity contribution < 1.29 is 9.13 Å². The molecule has 0 radical (unpaired) electrons. The first-order valence-electron chi connectivity index (χ1n) is 10.3. The van der Waals surface area contributed by atoms with Crippen molar-refractivity contribution in [2.24, 2.45) is 0 Å². The van der Waals surface area contributed by atoms with Crippen LogP contribution >= 0.6 is 0 Å². The Morgan fingerprint density at radius 2 is 1.83 bits per heavy atom. The Morgan fingerprint density at radius 1 is 1.07 bits per heavy atom. The Labute approximate surface area is 169 Å². The molecule has 1 aromatic heterocycles. The maximum atomic E-state index is 13.4. The molecule has 2 aromatic carbocycles. The van der Waals surface area contributed by atoms with E-state index in [1.807, 2.05) is 24.3 Å². The van der Waals surface area contributed by atoms with E-state index < -0.39 is 5.82 Å². The van der Waals surface area contributed by atoms with Gasteiger partial charge in [-0.05, 0) is 75.7 Å². The van der Waals surface area contributed by atoms with Gasteiger partial charge in [0.1, 0.15) is 17.4 Å². The molecule has 1 fully saturated rings. The smallest absolute Gasteiger partial charge is 0.265 e. The highest BCUT2D eigenvalue weighted by atomic mass is 19.1. The van der Waals surface area contributed by atoms with Gasteiger partial charge in [-0.2, -0.15) is 0 Å². The number of ether oxygens (including phenoxy) is 1. The SMILES string of the molecule is Cc1nc2cc(F)ccc2c(=O)n1-c1ccc(OCCCN2CCCCC2)cc1. The number of aromatic nitrogens is 2. The molecule has 1 aliphatic rings. The second kappa shape index (κ2) is 8.74. The van der Waals surface area contributed by atoms with Gasteiger partial charge in [0.2, 0.25) is 0 Å². The lowest BCUT2D eigenvalue weighted by atomic mass is 10.1. The maximum absolute atomic E-state index is 13.4. The van der Waals surface area contributed by atoms with E-state index >= 15 is 0 Å². The number of hydrogen-bond donors (Lipinski definition) is 0. The van der Waals surface area contributed by atoms with Crippen molar-refractivity contribution in [1.82, 2.24) is 14.5 Å². The Balaban J connectivity index is 1.44. The standard InChI is InChI=1S/C23H26FN3O2/c1-17-25-22-16-18(24)6-11-21(22)23(28)27(17)19-7-9-20(10-8-19)29-15-5-14-26-12-3-2-4-13-26/h6-11,16H,2-5,12-15H2,1H3. The van der Waals surface area contributed by atoms with Gasteiger partial charge in [0.15, 0.2) is 0 Å². The summed E-state index contributed by atoms with van der Waals surface area (Å²) in [6.45, 7) is 5.91. The third-order valence-electron chi connectivity index (χ3n) is 5.43. The van der Waals surface area contributed by atoms with Crippen LogP contribution in [0.4, 0.5) is 4.39 Å². The van der Waals surface area contributed by atoms with E-state index in [9.17, 15) is 9.18 Å². The molecule has 0 N–H and O–H groups in total. The van der Waals surface area contributed by atoms with Crippen LogP contribution in [0.25, 0.3) is 16.6 Å². The number of nitrogens with zero attached hydrogens (tertiary/aromatic N) is 3. The zero-order chi connectivity index (χ0) is 20.2. The molecule has 1 saturated heterocycles. The van der Waals surface area contributed by atoms with Gasteiger partial charge in [-0.3, -0.25) is 9.36 Å². The van der Waals surface area contributed by atoms with Crippen LogP contribution in [0.2, 0.25) is 0 Å². The monoisotopic (exact) mass is 395 g/mol. The fourth-order valence-corrected chi connectivity index (χ4v) is 3.93. The Bertz CT molecular complexity index is 1040. The van der Waals surface area contributed by atoms with Crippen LogP contribution in [-0.4, -0.2) is 40.7 Å². The predicted molar refractivity (Wildman–Crippen MR) is 112 cm³/mol. The molecule has 3 aromatic rings. The van der Waals surface area contributed by atoms with Crippen molar-refractivity contribution in [3.05, 3.63) is 64.5 Å². The summed E-state index contributed by atoms with van der Waals surface area (Å²) < 4.78 is 20.8. The number of benzene rings is 2. The summed E-state index contributed by atoms with van der Waals surface area (Å²) in [5.41, 5.74) is 0.881. The quantitative estimate of drug-likeness (QED) is 0.590. The highest BCUT2D eigenvalue weighted by molar-refractivity contribution is 5.78. The first-order valence-corrected chi connectivity index (χ1v) is 10.3. The van der Waals surface area contributed by atoms with Crippen molar-refractivity contribution >= 4 is 10.9 Å². The van der Waals surface area contributed by atoms with Crippen LogP contribution in [0, 0.1) is 12.7 Å². The van der Waals surface area contributed by atoms with Crippen molar-refractivity contribution in [2.45, 2.75) is 32.6 Å². The molecule has 0 amide bonds. The van der Waals surface area contributed by atoms with Crippen LogP contribution < -0.4 is 10.3 Å². The Hall–Kier alpha value is -2.73. The molecule has 5 nitrogen and oxygen atoms in total. The minimum Gasteiger partial charge on any atom is -0.494 e. The minimum absolute atomic E-state index is 0.206. The Kier molecular flexibility index (Phi) is 5.90. The molecule has 0 bridgehead atoms. The zero-order valence-electron chi connectivity index (χ0n) is 16.7. The first kappa shape index (κ1) is 19.6. The molecule has 29 heavy (non-hydrogen) atoms. The number of hydrogen-bond acceptors (Lipinski definition) is 4. The number of piperidine rings is 1.